The Morgan fingerprint density at radius 3 is 2.93 bits per heavy atom. The molecule has 1 N–H and O–H groups in total. The number of aliphatic hydroxyl groups is 1. The Balaban J connectivity index is 2.19. The van der Waals surface area contributed by atoms with E-state index in [2.05, 4.69) is 9.64 Å². The van der Waals surface area contributed by atoms with E-state index in [9.17, 15) is 9.90 Å². The molecule has 4 heteroatoms. The lowest BCUT2D eigenvalue weighted by molar-refractivity contribution is -0.140. The molecule has 0 amide bonds. The summed E-state index contributed by atoms with van der Waals surface area (Å²) in [5.74, 6) is 0.207. The molecule has 0 saturated carbocycles. The van der Waals surface area contributed by atoms with Gasteiger partial charge in [-0.15, -0.1) is 0 Å². The number of carbonyl (C=O) groups is 1. The number of ether oxygens (including phenoxy) is 1. The molecule has 1 rings (SSSR count). The first-order chi connectivity index (χ1) is 6.63. The normalized spacial score (nSPS) is 24.9. The molecule has 0 aromatic rings. The molecule has 0 aromatic heterocycles. The molecule has 1 aliphatic heterocycles. The number of hydrogen-bond donors (Lipinski definition) is 1. The van der Waals surface area contributed by atoms with Crippen molar-refractivity contribution in [2.45, 2.75) is 25.9 Å². The molecule has 0 bridgehead atoms. The van der Waals surface area contributed by atoms with Crippen LogP contribution in [0.15, 0.2) is 0 Å². The number of aliphatic hydroxyl groups excluding tert-OH is 1. The number of nitrogens with zero attached hydrogens (tertiary/aromatic N) is 1. The number of hydrogen-bond acceptors (Lipinski definition) is 4. The summed E-state index contributed by atoms with van der Waals surface area (Å²) in [6.45, 7) is 4.45. The van der Waals surface area contributed by atoms with Gasteiger partial charge >= 0.3 is 5.97 Å². The zero-order valence-electron chi connectivity index (χ0n) is 8.90. The molecule has 14 heavy (non-hydrogen) atoms. The lowest BCUT2D eigenvalue weighted by Gasteiger charge is -2.16. The predicted octanol–water partition coefficient (Wildman–Crippen LogP) is 0.252. The maximum absolute atomic E-state index is 10.9. The maximum atomic E-state index is 10.9. The molecule has 0 radical (unpaired) electrons. The summed E-state index contributed by atoms with van der Waals surface area (Å²) in [4.78, 5) is 13.1. The lowest BCUT2D eigenvalue weighted by Crippen LogP contribution is -2.26. The third-order valence-corrected chi connectivity index (χ3v) is 2.85. The maximum Gasteiger partial charge on any atom is 0.306 e. The van der Waals surface area contributed by atoms with Crippen LogP contribution in [-0.2, 0) is 9.53 Å². The van der Waals surface area contributed by atoms with E-state index in [-0.39, 0.29) is 12.1 Å². The van der Waals surface area contributed by atoms with Crippen LogP contribution in [0.2, 0.25) is 0 Å². The third-order valence-electron chi connectivity index (χ3n) is 2.85. The van der Waals surface area contributed by atoms with E-state index in [1.807, 2.05) is 6.92 Å². The fourth-order valence-corrected chi connectivity index (χ4v) is 1.81. The van der Waals surface area contributed by atoms with Gasteiger partial charge in [0.15, 0.2) is 0 Å². The van der Waals surface area contributed by atoms with Crippen molar-refractivity contribution in [2.75, 3.05) is 26.7 Å². The predicted molar refractivity (Wildman–Crippen MR) is 52.9 cm³/mol. The first-order valence-electron chi connectivity index (χ1n) is 5.10. The first-order valence-corrected chi connectivity index (χ1v) is 5.10. The van der Waals surface area contributed by atoms with E-state index in [1.165, 1.54) is 7.11 Å². The first kappa shape index (κ1) is 11.5. The minimum atomic E-state index is -0.238. The molecule has 1 aliphatic rings. The van der Waals surface area contributed by atoms with Gasteiger partial charge in [-0.3, -0.25) is 4.79 Å². The Bertz CT molecular complexity index is 194. The van der Waals surface area contributed by atoms with Crippen LogP contribution < -0.4 is 0 Å². The number of rotatable bonds is 4. The van der Waals surface area contributed by atoms with Crippen LogP contribution >= 0.6 is 0 Å². The van der Waals surface area contributed by atoms with Crippen molar-refractivity contribution in [2.24, 2.45) is 5.92 Å². The van der Waals surface area contributed by atoms with Gasteiger partial charge < -0.3 is 14.7 Å². The summed E-state index contributed by atoms with van der Waals surface area (Å²) in [6, 6.07) is 0. The van der Waals surface area contributed by atoms with Crippen LogP contribution in [0.25, 0.3) is 0 Å². The Kier molecular flexibility index (Phi) is 4.35. The van der Waals surface area contributed by atoms with Crippen molar-refractivity contribution in [3.05, 3.63) is 0 Å². The third kappa shape index (κ3) is 3.27. The van der Waals surface area contributed by atoms with E-state index >= 15 is 0 Å². The molecular weight excluding hydrogens is 182 g/mol. The van der Waals surface area contributed by atoms with E-state index < -0.39 is 0 Å². The number of likely N-dealkylation sites (tertiary alicyclic amines) is 1. The number of methoxy groups -OCH3 is 1. The van der Waals surface area contributed by atoms with Crippen LogP contribution in [0.5, 0.6) is 0 Å². The monoisotopic (exact) mass is 201 g/mol. The summed E-state index contributed by atoms with van der Waals surface area (Å²) >= 11 is 0. The second-order valence-electron chi connectivity index (χ2n) is 3.92. The van der Waals surface area contributed by atoms with Gasteiger partial charge in [0, 0.05) is 13.1 Å². The van der Waals surface area contributed by atoms with Crippen molar-refractivity contribution in [3.8, 4) is 0 Å². The Hall–Kier alpha value is -0.610. The number of esters is 1. The lowest BCUT2D eigenvalue weighted by atomic mass is 10.0. The quantitative estimate of drug-likeness (QED) is 0.662. The largest absolute Gasteiger partial charge is 0.469 e. The van der Waals surface area contributed by atoms with Crippen LogP contribution in [0.1, 0.15) is 19.8 Å². The molecule has 0 aliphatic carbocycles. The molecule has 1 saturated heterocycles. The summed E-state index contributed by atoms with van der Waals surface area (Å²) in [5, 5.41) is 9.38. The second-order valence-corrected chi connectivity index (χ2v) is 3.92. The highest BCUT2D eigenvalue weighted by atomic mass is 16.5. The Labute approximate surface area is 84.8 Å². The van der Waals surface area contributed by atoms with Gasteiger partial charge in [0.05, 0.1) is 19.6 Å². The van der Waals surface area contributed by atoms with Crippen molar-refractivity contribution < 1.29 is 14.6 Å². The van der Waals surface area contributed by atoms with Gasteiger partial charge in [-0.1, -0.05) is 0 Å². The van der Waals surface area contributed by atoms with Crippen molar-refractivity contribution in [1.29, 1.82) is 0 Å². The summed E-state index contributed by atoms with van der Waals surface area (Å²) in [5.41, 5.74) is 0. The molecule has 0 spiro atoms. The summed E-state index contributed by atoms with van der Waals surface area (Å²) < 4.78 is 4.57. The van der Waals surface area contributed by atoms with Gasteiger partial charge in [-0.25, -0.2) is 0 Å². The molecular formula is C10H19NO3. The Morgan fingerprint density at radius 1 is 1.71 bits per heavy atom. The average Bonchev–Trinajstić information content (AvgIpc) is 2.62. The molecule has 4 nitrogen and oxygen atoms in total. The summed E-state index contributed by atoms with van der Waals surface area (Å²) in [6.07, 6.45) is 1.24. The molecule has 2 unspecified atom stereocenters. The van der Waals surface area contributed by atoms with Gasteiger partial charge in [0.2, 0.25) is 0 Å². The van der Waals surface area contributed by atoms with E-state index in [0.717, 1.165) is 26.1 Å². The topological polar surface area (TPSA) is 49.8 Å². The molecule has 2 atom stereocenters. The van der Waals surface area contributed by atoms with E-state index in [1.54, 1.807) is 0 Å². The highest BCUT2D eigenvalue weighted by Gasteiger charge is 2.25. The standard InChI is InChI=1S/C10H19NO3/c1-8(12)9-3-5-11(7-9)6-4-10(13)14-2/h8-9,12H,3-7H2,1-2H3. The zero-order chi connectivity index (χ0) is 10.6. The molecule has 1 fully saturated rings. The van der Waals surface area contributed by atoms with Crippen molar-refractivity contribution >= 4 is 5.97 Å². The van der Waals surface area contributed by atoms with Crippen molar-refractivity contribution in [3.63, 3.8) is 0 Å². The molecule has 0 aromatic carbocycles. The smallest absolute Gasteiger partial charge is 0.306 e. The van der Waals surface area contributed by atoms with Gasteiger partial charge in [0.1, 0.15) is 0 Å². The van der Waals surface area contributed by atoms with E-state index in [0.29, 0.717) is 12.3 Å². The van der Waals surface area contributed by atoms with Gasteiger partial charge in [-0.05, 0) is 25.8 Å². The van der Waals surface area contributed by atoms with Gasteiger partial charge in [0.25, 0.3) is 0 Å². The fraction of sp³-hybridized carbons (Fsp3) is 0.900. The van der Waals surface area contributed by atoms with Crippen LogP contribution in [-0.4, -0.2) is 48.8 Å². The van der Waals surface area contributed by atoms with Crippen molar-refractivity contribution in [1.82, 2.24) is 4.90 Å². The van der Waals surface area contributed by atoms with Gasteiger partial charge in [-0.2, -0.15) is 0 Å². The average molecular weight is 201 g/mol. The highest BCUT2D eigenvalue weighted by Crippen LogP contribution is 2.19. The van der Waals surface area contributed by atoms with E-state index in [4.69, 9.17) is 0 Å². The highest BCUT2D eigenvalue weighted by molar-refractivity contribution is 5.69. The molecule has 1 heterocycles. The van der Waals surface area contributed by atoms with Crippen LogP contribution in [0.4, 0.5) is 0 Å². The second kappa shape index (κ2) is 5.32. The van der Waals surface area contributed by atoms with Crippen LogP contribution in [0, 0.1) is 5.92 Å². The SMILES string of the molecule is COC(=O)CCN1CCC(C(C)O)C1. The van der Waals surface area contributed by atoms with Crippen LogP contribution in [0.3, 0.4) is 0 Å². The number of carbonyl (C=O) groups excluding carboxylic acids is 1. The zero-order valence-corrected chi connectivity index (χ0v) is 8.90. The summed E-state index contributed by atoms with van der Waals surface area (Å²) in [7, 11) is 1.41. The molecule has 82 valence electrons. The minimum absolute atomic E-state index is 0.162. The Morgan fingerprint density at radius 2 is 2.43 bits per heavy atom. The minimum Gasteiger partial charge on any atom is -0.469 e. The fourth-order valence-electron chi connectivity index (χ4n) is 1.81.